The number of aryl methyl sites for hydroxylation is 1. The average Bonchev–Trinajstić information content (AvgIpc) is 3.17. The van der Waals surface area contributed by atoms with Crippen molar-refractivity contribution in [3.8, 4) is 0 Å². The summed E-state index contributed by atoms with van der Waals surface area (Å²) in [6.45, 7) is 5.01. The smallest absolute Gasteiger partial charge is 0.229 e. The SMILES string of the molecule is CCNc1nc(C)cc(Nc2ccc(NC(=O)C3CC(=O)N(c4cccc(Br)c4)C3)cc2)n1. The van der Waals surface area contributed by atoms with E-state index in [1.54, 1.807) is 4.90 Å². The molecule has 0 spiro atoms. The second-order valence-electron chi connectivity index (χ2n) is 7.83. The summed E-state index contributed by atoms with van der Waals surface area (Å²) >= 11 is 3.43. The Bertz CT molecular complexity index is 1170. The lowest BCUT2D eigenvalue weighted by Crippen LogP contribution is -2.28. The van der Waals surface area contributed by atoms with Gasteiger partial charge in [0.05, 0.1) is 5.92 Å². The molecule has 2 heterocycles. The minimum Gasteiger partial charge on any atom is -0.354 e. The van der Waals surface area contributed by atoms with Crippen molar-refractivity contribution in [1.29, 1.82) is 0 Å². The van der Waals surface area contributed by atoms with Crippen molar-refractivity contribution in [2.75, 3.05) is 33.9 Å². The van der Waals surface area contributed by atoms with Gasteiger partial charge in [-0.3, -0.25) is 9.59 Å². The molecule has 0 radical (unpaired) electrons. The van der Waals surface area contributed by atoms with Gasteiger partial charge in [0.2, 0.25) is 17.8 Å². The van der Waals surface area contributed by atoms with Crippen LogP contribution in [0.3, 0.4) is 0 Å². The Morgan fingerprint density at radius 2 is 1.88 bits per heavy atom. The van der Waals surface area contributed by atoms with E-state index in [0.717, 1.165) is 28.1 Å². The molecule has 3 N–H and O–H groups in total. The van der Waals surface area contributed by atoms with Crippen molar-refractivity contribution >= 4 is 56.6 Å². The number of carbonyl (C=O) groups is 2. The second-order valence-corrected chi connectivity index (χ2v) is 8.74. The van der Waals surface area contributed by atoms with Crippen molar-refractivity contribution < 1.29 is 9.59 Å². The van der Waals surface area contributed by atoms with E-state index in [-0.39, 0.29) is 18.2 Å². The summed E-state index contributed by atoms with van der Waals surface area (Å²) in [6.07, 6.45) is 0.194. The number of nitrogens with zero attached hydrogens (tertiary/aromatic N) is 3. The molecule has 4 rings (SSSR count). The third kappa shape index (κ3) is 5.67. The van der Waals surface area contributed by atoms with Gasteiger partial charge in [0.1, 0.15) is 5.82 Å². The van der Waals surface area contributed by atoms with Crippen LogP contribution in [0.5, 0.6) is 0 Å². The average molecular weight is 509 g/mol. The highest BCUT2D eigenvalue weighted by Gasteiger charge is 2.35. The van der Waals surface area contributed by atoms with Gasteiger partial charge < -0.3 is 20.9 Å². The summed E-state index contributed by atoms with van der Waals surface area (Å²) in [5.74, 6) is 0.648. The van der Waals surface area contributed by atoms with Crippen LogP contribution in [-0.4, -0.2) is 34.9 Å². The van der Waals surface area contributed by atoms with Crippen molar-refractivity contribution in [2.45, 2.75) is 20.3 Å². The monoisotopic (exact) mass is 508 g/mol. The molecule has 0 saturated carbocycles. The minimum atomic E-state index is -0.400. The number of rotatable bonds is 7. The zero-order chi connectivity index (χ0) is 23.4. The van der Waals surface area contributed by atoms with Gasteiger partial charge in [-0.05, 0) is 56.3 Å². The van der Waals surface area contributed by atoms with Crippen LogP contribution in [-0.2, 0) is 9.59 Å². The quantitative estimate of drug-likeness (QED) is 0.427. The molecule has 1 fully saturated rings. The number of carbonyl (C=O) groups excluding carboxylic acids is 2. The fourth-order valence-corrected chi connectivity index (χ4v) is 4.06. The Morgan fingerprint density at radius 1 is 1.12 bits per heavy atom. The molecule has 9 heteroatoms. The Balaban J connectivity index is 1.37. The maximum atomic E-state index is 12.8. The molecule has 170 valence electrons. The number of hydrogen-bond acceptors (Lipinski definition) is 6. The minimum absolute atomic E-state index is 0.0510. The number of benzene rings is 2. The first-order valence-corrected chi connectivity index (χ1v) is 11.5. The summed E-state index contributed by atoms with van der Waals surface area (Å²) in [4.78, 5) is 35.7. The van der Waals surface area contributed by atoms with Gasteiger partial charge in [-0.2, -0.15) is 4.98 Å². The van der Waals surface area contributed by atoms with E-state index >= 15 is 0 Å². The van der Waals surface area contributed by atoms with E-state index in [9.17, 15) is 9.59 Å². The standard InChI is InChI=1S/C24H25BrN6O2/c1-3-26-24-27-15(2)11-21(30-24)28-18-7-9-19(10-8-18)29-23(33)16-12-22(32)31(14-16)20-6-4-5-17(25)13-20/h4-11,13,16H,3,12,14H2,1-2H3,(H,29,33)(H2,26,27,28,30). The van der Waals surface area contributed by atoms with Crippen molar-refractivity contribution in [3.05, 3.63) is 64.8 Å². The zero-order valence-electron chi connectivity index (χ0n) is 18.4. The molecular weight excluding hydrogens is 484 g/mol. The second kappa shape index (κ2) is 9.99. The summed E-state index contributed by atoms with van der Waals surface area (Å²) in [5, 5.41) is 9.29. The zero-order valence-corrected chi connectivity index (χ0v) is 20.0. The number of hydrogen-bond donors (Lipinski definition) is 3. The molecule has 1 unspecified atom stereocenters. The van der Waals surface area contributed by atoms with Gasteiger partial charge in [0.25, 0.3) is 0 Å². The Kier molecular flexibility index (Phi) is 6.88. The van der Waals surface area contributed by atoms with Crippen LogP contribution >= 0.6 is 15.9 Å². The van der Waals surface area contributed by atoms with E-state index in [4.69, 9.17) is 0 Å². The van der Waals surface area contributed by atoms with Crippen LogP contribution in [0.2, 0.25) is 0 Å². The molecule has 8 nitrogen and oxygen atoms in total. The fraction of sp³-hybridized carbons (Fsp3) is 0.250. The van der Waals surface area contributed by atoms with Crippen LogP contribution < -0.4 is 20.9 Å². The first-order valence-electron chi connectivity index (χ1n) is 10.7. The maximum absolute atomic E-state index is 12.8. The largest absolute Gasteiger partial charge is 0.354 e. The molecule has 2 amide bonds. The van der Waals surface area contributed by atoms with E-state index in [0.29, 0.717) is 24.0 Å². The summed E-state index contributed by atoms with van der Waals surface area (Å²) < 4.78 is 0.893. The van der Waals surface area contributed by atoms with Gasteiger partial charge in [-0.25, -0.2) is 4.98 Å². The van der Waals surface area contributed by atoms with E-state index in [2.05, 4.69) is 41.8 Å². The van der Waals surface area contributed by atoms with Gasteiger partial charge in [-0.1, -0.05) is 22.0 Å². The highest BCUT2D eigenvalue weighted by atomic mass is 79.9. The van der Waals surface area contributed by atoms with Gasteiger partial charge in [-0.15, -0.1) is 0 Å². The fourth-order valence-electron chi connectivity index (χ4n) is 3.68. The Morgan fingerprint density at radius 3 is 2.61 bits per heavy atom. The Hall–Kier alpha value is -3.46. The molecule has 0 aliphatic carbocycles. The topological polar surface area (TPSA) is 99.2 Å². The van der Waals surface area contributed by atoms with E-state index in [1.807, 2.05) is 68.4 Å². The molecule has 0 bridgehead atoms. The van der Waals surface area contributed by atoms with Crippen molar-refractivity contribution in [2.24, 2.45) is 5.92 Å². The number of halogens is 1. The summed E-state index contributed by atoms with van der Waals surface area (Å²) in [7, 11) is 0. The van der Waals surface area contributed by atoms with Crippen LogP contribution in [0.15, 0.2) is 59.1 Å². The first kappa shape index (κ1) is 22.7. The molecule has 2 aromatic carbocycles. The van der Waals surface area contributed by atoms with E-state index < -0.39 is 5.92 Å². The lowest BCUT2D eigenvalue weighted by atomic mass is 10.1. The highest BCUT2D eigenvalue weighted by molar-refractivity contribution is 9.10. The van der Waals surface area contributed by atoms with Crippen molar-refractivity contribution in [3.63, 3.8) is 0 Å². The molecular formula is C24H25BrN6O2. The molecule has 1 saturated heterocycles. The highest BCUT2D eigenvalue weighted by Crippen LogP contribution is 2.28. The number of nitrogens with one attached hydrogen (secondary N) is 3. The maximum Gasteiger partial charge on any atom is 0.229 e. The third-order valence-corrected chi connectivity index (χ3v) is 5.72. The van der Waals surface area contributed by atoms with E-state index in [1.165, 1.54) is 0 Å². The molecule has 1 atom stereocenters. The van der Waals surface area contributed by atoms with Crippen LogP contribution in [0.1, 0.15) is 19.0 Å². The lowest BCUT2D eigenvalue weighted by molar-refractivity contribution is -0.122. The molecule has 33 heavy (non-hydrogen) atoms. The number of amides is 2. The Labute approximate surface area is 200 Å². The van der Waals surface area contributed by atoms with Crippen molar-refractivity contribution in [1.82, 2.24) is 9.97 Å². The predicted molar refractivity (Wildman–Crippen MR) is 134 cm³/mol. The predicted octanol–water partition coefficient (Wildman–Crippen LogP) is 4.71. The molecule has 3 aromatic rings. The molecule has 1 aliphatic heterocycles. The first-order chi connectivity index (χ1) is 15.9. The molecule has 1 aliphatic rings. The normalized spacial score (nSPS) is 15.4. The third-order valence-electron chi connectivity index (χ3n) is 5.23. The summed E-state index contributed by atoms with van der Waals surface area (Å²) in [6, 6.07) is 16.8. The van der Waals surface area contributed by atoms with Crippen LogP contribution in [0.4, 0.5) is 28.8 Å². The van der Waals surface area contributed by atoms with Gasteiger partial charge in [0, 0.05) is 52.8 Å². The lowest BCUT2D eigenvalue weighted by Gasteiger charge is -2.17. The van der Waals surface area contributed by atoms with Crippen LogP contribution in [0, 0.1) is 12.8 Å². The molecule has 1 aromatic heterocycles. The van der Waals surface area contributed by atoms with Gasteiger partial charge >= 0.3 is 0 Å². The number of aromatic nitrogens is 2. The van der Waals surface area contributed by atoms with Crippen LogP contribution in [0.25, 0.3) is 0 Å². The number of anilines is 5. The summed E-state index contributed by atoms with van der Waals surface area (Å²) in [5.41, 5.74) is 3.16. The van der Waals surface area contributed by atoms with Gasteiger partial charge in [0.15, 0.2) is 0 Å².